The smallest absolute Gasteiger partial charge is 0.266 e. The van der Waals surface area contributed by atoms with Crippen molar-refractivity contribution in [2.24, 2.45) is 0 Å². The summed E-state index contributed by atoms with van der Waals surface area (Å²) in [6.45, 7) is -0.954. The second-order valence-electron chi connectivity index (χ2n) is 9.39. The van der Waals surface area contributed by atoms with Gasteiger partial charge in [0.15, 0.2) is 24.8 Å². The average Bonchev–Trinajstić information content (AvgIpc) is 2.85. The molecule has 0 saturated heterocycles. The fraction of sp³-hybridized carbons (Fsp3) is 0.440. The van der Waals surface area contributed by atoms with Gasteiger partial charge in [-0.15, -0.1) is 0 Å². The van der Waals surface area contributed by atoms with Crippen LogP contribution in [0.3, 0.4) is 0 Å². The Hall–Kier alpha value is -3.41. The van der Waals surface area contributed by atoms with Gasteiger partial charge < -0.3 is 25.2 Å². The molecule has 3 fully saturated rings. The van der Waals surface area contributed by atoms with Gasteiger partial charge >= 0.3 is 0 Å². The molecule has 37 heavy (non-hydrogen) atoms. The van der Waals surface area contributed by atoms with E-state index < -0.39 is 71.7 Å². The third kappa shape index (κ3) is 5.95. The highest BCUT2D eigenvalue weighted by Gasteiger charge is 2.55. The van der Waals surface area contributed by atoms with Crippen LogP contribution in [0.4, 0.5) is 22.0 Å². The first kappa shape index (κ1) is 26.6. The molecule has 2 amide bonds. The molecule has 0 heterocycles. The van der Waals surface area contributed by atoms with Crippen LogP contribution in [0.25, 0.3) is 0 Å². The summed E-state index contributed by atoms with van der Waals surface area (Å²) >= 11 is 0. The van der Waals surface area contributed by atoms with Crippen molar-refractivity contribution in [3.8, 4) is 11.5 Å². The number of rotatable bonds is 9. The van der Waals surface area contributed by atoms with E-state index in [4.69, 9.17) is 9.47 Å². The van der Waals surface area contributed by atoms with Crippen molar-refractivity contribution in [2.45, 2.75) is 55.7 Å². The number of benzene rings is 2. The van der Waals surface area contributed by atoms with Crippen LogP contribution in [0, 0.1) is 17.5 Å². The predicted molar refractivity (Wildman–Crippen MR) is 120 cm³/mol. The summed E-state index contributed by atoms with van der Waals surface area (Å²) in [5.41, 5.74) is -2.48. The van der Waals surface area contributed by atoms with Gasteiger partial charge in [0, 0.05) is 11.6 Å². The summed E-state index contributed by atoms with van der Waals surface area (Å²) in [5, 5.41) is 16.4. The molecule has 5 rings (SSSR count). The van der Waals surface area contributed by atoms with Gasteiger partial charge in [-0.2, -0.15) is 0 Å². The quantitative estimate of drug-likeness (QED) is 0.433. The molecule has 2 bridgehead atoms. The fourth-order valence-corrected chi connectivity index (χ4v) is 4.95. The first-order chi connectivity index (χ1) is 17.5. The fourth-order valence-electron chi connectivity index (χ4n) is 4.95. The summed E-state index contributed by atoms with van der Waals surface area (Å²) < 4.78 is 75.9. The number of amides is 2. The van der Waals surface area contributed by atoms with Gasteiger partial charge in [0.2, 0.25) is 0 Å². The molecular formula is C25H25F5N2O5. The molecule has 12 heteroatoms. The Labute approximate surface area is 208 Å². The molecule has 200 valence electrons. The largest absolute Gasteiger partial charge is 0.484 e. The van der Waals surface area contributed by atoms with Crippen LogP contribution in [0.5, 0.6) is 11.5 Å². The van der Waals surface area contributed by atoms with Crippen molar-refractivity contribution in [1.29, 1.82) is 0 Å². The normalized spacial score (nSPS) is 24.6. The number of fused-ring (bicyclic) bond motifs is 3. The number of ether oxygens (including phenoxy) is 2. The van der Waals surface area contributed by atoms with Crippen molar-refractivity contribution < 1.29 is 46.1 Å². The van der Waals surface area contributed by atoms with Gasteiger partial charge in [-0.1, -0.05) is 0 Å². The number of aliphatic hydroxyl groups excluding tert-OH is 1. The second-order valence-corrected chi connectivity index (χ2v) is 9.39. The van der Waals surface area contributed by atoms with E-state index >= 15 is 0 Å². The molecule has 1 atom stereocenters. The zero-order chi connectivity index (χ0) is 26.8. The highest BCUT2D eigenvalue weighted by molar-refractivity contribution is 5.79. The molecule has 0 spiro atoms. The highest BCUT2D eigenvalue weighted by Crippen LogP contribution is 2.47. The Kier molecular flexibility index (Phi) is 7.58. The molecule has 7 nitrogen and oxygen atoms in total. The Morgan fingerprint density at radius 1 is 0.865 bits per heavy atom. The molecule has 2 aromatic rings. The number of carbonyl (C=O) groups is 2. The summed E-state index contributed by atoms with van der Waals surface area (Å²) in [5.74, 6) is -4.40. The standard InChI is InChI=1S/C25H25F5N2O5/c26-17-3-1-14(9-16(17)23(29)30)36-12-21(34)31-24-5-7-25(8-6-24,20(33)11-24)32-22(35)13-37-15-2-4-18(27)19(28)10-15/h1-4,9-10,20,23,33H,5-8,11-13H2,(H,31,34)(H,32,35)/t20-,24?,25?/m1/s1. The van der Waals surface area contributed by atoms with Crippen LogP contribution in [-0.4, -0.2) is 47.3 Å². The monoisotopic (exact) mass is 528 g/mol. The van der Waals surface area contributed by atoms with Crippen LogP contribution in [-0.2, 0) is 9.59 Å². The van der Waals surface area contributed by atoms with Gasteiger partial charge in [0.25, 0.3) is 18.2 Å². The summed E-state index contributed by atoms with van der Waals surface area (Å²) in [7, 11) is 0. The maximum Gasteiger partial charge on any atom is 0.266 e. The van der Waals surface area contributed by atoms with Crippen molar-refractivity contribution in [3.63, 3.8) is 0 Å². The van der Waals surface area contributed by atoms with E-state index in [-0.39, 0.29) is 17.9 Å². The molecule has 0 unspecified atom stereocenters. The molecule has 3 aliphatic carbocycles. The van der Waals surface area contributed by atoms with Crippen LogP contribution < -0.4 is 20.1 Å². The lowest BCUT2D eigenvalue weighted by Gasteiger charge is -2.56. The molecule has 2 aromatic carbocycles. The number of hydrogen-bond acceptors (Lipinski definition) is 5. The first-order valence-electron chi connectivity index (χ1n) is 11.6. The van der Waals surface area contributed by atoms with Gasteiger partial charge in [-0.3, -0.25) is 9.59 Å². The van der Waals surface area contributed by atoms with E-state index in [0.29, 0.717) is 25.7 Å². The molecule has 3 saturated carbocycles. The number of halogens is 5. The second kappa shape index (κ2) is 10.5. The summed E-state index contributed by atoms with van der Waals surface area (Å²) in [6.07, 6.45) is -2.22. The van der Waals surface area contributed by atoms with E-state index in [0.717, 1.165) is 30.3 Å². The lowest BCUT2D eigenvalue weighted by atomic mass is 9.60. The van der Waals surface area contributed by atoms with E-state index in [2.05, 4.69) is 10.6 Å². The van der Waals surface area contributed by atoms with E-state index in [1.165, 1.54) is 6.07 Å². The summed E-state index contributed by atoms with van der Waals surface area (Å²) in [6, 6.07) is 5.71. The molecule has 3 aliphatic rings. The maximum atomic E-state index is 13.4. The zero-order valence-corrected chi connectivity index (χ0v) is 19.5. The van der Waals surface area contributed by atoms with Crippen molar-refractivity contribution >= 4 is 11.8 Å². The van der Waals surface area contributed by atoms with Gasteiger partial charge in [0.05, 0.1) is 17.2 Å². The lowest BCUT2D eigenvalue weighted by Crippen LogP contribution is -2.70. The van der Waals surface area contributed by atoms with E-state index in [9.17, 15) is 36.6 Å². The van der Waals surface area contributed by atoms with Crippen molar-refractivity contribution in [1.82, 2.24) is 10.6 Å². The topological polar surface area (TPSA) is 96.9 Å². The van der Waals surface area contributed by atoms with Gasteiger partial charge in [-0.25, -0.2) is 22.0 Å². The Bertz CT molecular complexity index is 1170. The highest BCUT2D eigenvalue weighted by atomic mass is 19.3. The number of hydrogen-bond donors (Lipinski definition) is 3. The van der Waals surface area contributed by atoms with Gasteiger partial charge in [0.1, 0.15) is 17.3 Å². The SMILES string of the molecule is O=C(COc1ccc(F)c(C(F)F)c1)NC12CCC(NC(=O)COc3ccc(F)c(F)c3)(CC1)[C@H](O)C2. The third-order valence-corrected chi connectivity index (χ3v) is 6.95. The molecule has 0 radical (unpaired) electrons. The Morgan fingerprint density at radius 3 is 2.00 bits per heavy atom. The van der Waals surface area contributed by atoms with E-state index in [1.54, 1.807) is 0 Å². The number of alkyl halides is 2. The maximum absolute atomic E-state index is 13.4. The molecule has 0 aromatic heterocycles. The Morgan fingerprint density at radius 2 is 1.43 bits per heavy atom. The minimum Gasteiger partial charge on any atom is -0.484 e. The number of nitrogens with one attached hydrogen (secondary N) is 2. The van der Waals surface area contributed by atoms with Crippen LogP contribution in [0.15, 0.2) is 36.4 Å². The van der Waals surface area contributed by atoms with Crippen molar-refractivity contribution in [3.05, 3.63) is 59.4 Å². The zero-order valence-electron chi connectivity index (χ0n) is 19.5. The van der Waals surface area contributed by atoms with Crippen LogP contribution >= 0.6 is 0 Å². The van der Waals surface area contributed by atoms with Crippen LogP contribution in [0.2, 0.25) is 0 Å². The Balaban J connectivity index is 1.28. The van der Waals surface area contributed by atoms with Crippen molar-refractivity contribution in [2.75, 3.05) is 13.2 Å². The lowest BCUT2D eigenvalue weighted by molar-refractivity contribution is -0.137. The molecule has 3 N–H and O–H groups in total. The molecule has 0 aliphatic heterocycles. The molecular weight excluding hydrogens is 503 g/mol. The predicted octanol–water partition coefficient (Wildman–Crippen LogP) is 3.55. The number of carbonyl (C=O) groups excluding carboxylic acids is 2. The summed E-state index contributed by atoms with van der Waals surface area (Å²) in [4.78, 5) is 25.0. The average molecular weight is 528 g/mol. The third-order valence-electron chi connectivity index (χ3n) is 6.95. The minimum absolute atomic E-state index is 0.0191. The first-order valence-corrected chi connectivity index (χ1v) is 11.6. The van der Waals surface area contributed by atoms with E-state index in [1.807, 2.05) is 0 Å². The van der Waals surface area contributed by atoms with Crippen LogP contribution in [0.1, 0.15) is 44.1 Å². The number of aliphatic hydroxyl groups is 1. The van der Waals surface area contributed by atoms with Gasteiger partial charge in [-0.05, 0) is 62.4 Å². The minimum atomic E-state index is -3.03.